The summed E-state index contributed by atoms with van der Waals surface area (Å²) in [6.45, 7) is 5.87. The van der Waals surface area contributed by atoms with Gasteiger partial charge >= 0.3 is 11.9 Å². The van der Waals surface area contributed by atoms with Crippen LogP contribution in [0.1, 0.15) is 33.6 Å². The minimum Gasteiger partial charge on any atom is -0.458 e. The number of aliphatic hydroxyl groups excluding tert-OH is 1. The number of hydrogen-bond acceptors (Lipinski definition) is 6. The molecule has 0 amide bonds. The average molecular weight is 346 g/mol. The highest BCUT2D eigenvalue weighted by Gasteiger charge is 2.55. The van der Waals surface area contributed by atoms with E-state index in [1.807, 2.05) is 0 Å². The van der Waals surface area contributed by atoms with Gasteiger partial charge in [0.15, 0.2) is 0 Å². The smallest absolute Gasteiger partial charge is 0.338 e. The molecule has 2 aliphatic heterocycles. The molecule has 134 valence electrons. The van der Waals surface area contributed by atoms with Crippen LogP contribution in [0.5, 0.6) is 0 Å². The molecule has 1 N–H and O–H groups in total. The Morgan fingerprint density at radius 3 is 2.44 bits per heavy atom. The van der Waals surface area contributed by atoms with E-state index in [1.165, 1.54) is 6.26 Å². The molecule has 0 bridgehead atoms. The molecule has 6 atom stereocenters. The van der Waals surface area contributed by atoms with E-state index < -0.39 is 36.4 Å². The average Bonchev–Trinajstić information content (AvgIpc) is 3.15. The third-order valence-electron chi connectivity index (χ3n) is 5.81. The van der Waals surface area contributed by atoms with Crippen LogP contribution in [0.15, 0.2) is 34.6 Å². The summed E-state index contributed by atoms with van der Waals surface area (Å²) in [4.78, 5) is 23.7. The maximum absolute atomic E-state index is 12.3. The molecule has 2 aliphatic carbocycles. The normalized spacial score (nSPS) is 41.4. The maximum atomic E-state index is 12.3. The summed E-state index contributed by atoms with van der Waals surface area (Å²) >= 11 is 0. The van der Waals surface area contributed by atoms with E-state index in [9.17, 15) is 14.7 Å². The van der Waals surface area contributed by atoms with Gasteiger partial charge in [-0.2, -0.15) is 0 Å². The Morgan fingerprint density at radius 1 is 1.12 bits per heavy atom. The number of cyclic esters (lactones) is 1. The van der Waals surface area contributed by atoms with Crippen LogP contribution in [-0.4, -0.2) is 35.5 Å². The molecule has 1 saturated heterocycles. The van der Waals surface area contributed by atoms with Crippen molar-refractivity contribution < 1.29 is 28.9 Å². The van der Waals surface area contributed by atoms with E-state index in [1.54, 1.807) is 13.0 Å². The second-order valence-electron chi connectivity index (χ2n) is 7.42. The molecule has 2 heterocycles. The molecule has 6 nitrogen and oxygen atoms in total. The molecule has 0 saturated carbocycles. The van der Waals surface area contributed by atoms with Crippen LogP contribution >= 0.6 is 0 Å². The Bertz CT molecular complexity index is 730. The van der Waals surface area contributed by atoms with Gasteiger partial charge in [0, 0.05) is 11.6 Å². The van der Waals surface area contributed by atoms with Crippen LogP contribution in [0, 0.1) is 17.8 Å². The van der Waals surface area contributed by atoms with Crippen molar-refractivity contribution in [2.24, 2.45) is 17.8 Å². The van der Waals surface area contributed by atoms with Crippen molar-refractivity contribution in [3.05, 3.63) is 34.6 Å². The van der Waals surface area contributed by atoms with E-state index in [4.69, 9.17) is 14.2 Å². The number of carbonyl (C=O) groups is 2. The third kappa shape index (κ3) is 2.42. The Kier molecular flexibility index (Phi) is 3.76. The van der Waals surface area contributed by atoms with E-state index in [0.29, 0.717) is 17.1 Å². The van der Waals surface area contributed by atoms with Crippen molar-refractivity contribution in [2.45, 2.75) is 52.1 Å². The second kappa shape index (κ2) is 5.73. The van der Waals surface area contributed by atoms with Crippen molar-refractivity contribution in [2.75, 3.05) is 0 Å². The topological polar surface area (TPSA) is 82.1 Å². The predicted octanol–water partition coefficient (Wildman–Crippen LogP) is 1.99. The minimum atomic E-state index is -0.842. The molecule has 4 rings (SSSR count). The van der Waals surface area contributed by atoms with Crippen LogP contribution in [0.25, 0.3) is 0 Å². The lowest BCUT2D eigenvalue weighted by molar-refractivity contribution is -0.152. The molecule has 0 aromatic rings. The third-order valence-corrected chi connectivity index (χ3v) is 5.81. The van der Waals surface area contributed by atoms with Gasteiger partial charge in [0.25, 0.3) is 6.29 Å². The van der Waals surface area contributed by atoms with E-state index in [2.05, 4.69) is 13.8 Å². The summed E-state index contributed by atoms with van der Waals surface area (Å²) in [6, 6.07) is 0. The summed E-state index contributed by atoms with van der Waals surface area (Å²) < 4.78 is 16.0. The van der Waals surface area contributed by atoms with Gasteiger partial charge in [-0.25, -0.2) is 9.59 Å². The quantitative estimate of drug-likeness (QED) is 0.356. The monoisotopic (exact) mass is 346 g/mol. The molecule has 6 heteroatoms. The van der Waals surface area contributed by atoms with Crippen molar-refractivity contribution >= 4 is 11.9 Å². The number of ether oxygens (including phenoxy) is 3. The predicted molar refractivity (Wildman–Crippen MR) is 86.8 cm³/mol. The fraction of sp³-hybridized carbons (Fsp3) is 0.579. The zero-order valence-corrected chi connectivity index (χ0v) is 14.5. The molecule has 25 heavy (non-hydrogen) atoms. The largest absolute Gasteiger partial charge is 0.458 e. The van der Waals surface area contributed by atoms with Gasteiger partial charge in [-0.1, -0.05) is 13.8 Å². The zero-order valence-electron chi connectivity index (χ0n) is 14.5. The Hall–Kier alpha value is -2.08. The van der Waals surface area contributed by atoms with Crippen LogP contribution in [0.4, 0.5) is 0 Å². The summed E-state index contributed by atoms with van der Waals surface area (Å²) in [5, 5.41) is 10.9. The Labute approximate surface area is 146 Å². The summed E-state index contributed by atoms with van der Waals surface area (Å²) in [5.74, 6) is -0.769. The molecule has 0 aromatic carbocycles. The van der Waals surface area contributed by atoms with E-state index in [-0.39, 0.29) is 5.92 Å². The van der Waals surface area contributed by atoms with E-state index in [0.717, 1.165) is 24.0 Å². The lowest BCUT2D eigenvalue weighted by Gasteiger charge is -2.29. The second-order valence-corrected chi connectivity index (χ2v) is 7.42. The molecule has 0 spiro atoms. The molecular weight excluding hydrogens is 324 g/mol. The van der Waals surface area contributed by atoms with Gasteiger partial charge in [0.05, 0.1) is 23.9 Å². The Balaban J connectivity index is 1.60. The molecule has 4 aliphatic rings. The zero-order chi connectivity index (χ0) is 17.9. The first kappa shape index (κ1) is 16.4. The molecule has 1 fully saturated rings. The van der Waals surface area contributed by atoms with Crippen LogP contribution in [0.3, 0.4) is 0 Å². The first-order valence-corrected chi connectivity index (χ1v) is 8.76. The summed E-state index contributed by atoms with van der Waals surface area (Å²) in [7, 11) is 0. The number of hydrogen-bond donors (Lipinski definition) is 1. The number of fused-ring (bicyclic) bond motifs is 2. The first-order chi connectivity index (χ1) is 11.9. The molecule has 0 aromatic heterocycles. The first-order valence-electron chi connectivity index (χ1n) is 8.76. The van der Waals surface area contributed by atoms with Crippen LogP contribution < -0.4 is 0 Å². The standard InChI is InChI=1S/C19H22O6/c1-8-4-5-9(2)14-13(8)16(20)15-11(19(22)25-17(14)15)7-23-12-6-10(3)18(21)24-12/h6-9,12,15-17,20H,4-5H2,1-3H3/b11-7+/t8?,9?,12-,15+,16?,17-/m1/s1. The van der Waals surface area contributed by atoms with E-state index >= 15 is 0 Å². The number of rotatable bonds is 2. The number of aliphatic hydroxyl groups is 1. The highest BCUT2D eigenvalue weighted by atomic mass is 16.7. The minimum absolute atomic E-state index is 0.286. The lowest BCUT2D eigenvalue weighted by Crippen LogP contribution is -2.25. The molecule has 0 radical (unpaired) electrons. The van der Waals surface area contributed by atoms with Gasteiger partial charge in [-0.05, 0) is 42.7 Å². The summed E-state index contributed by atoms with van der Waals surface area (Å²) in [5.41, 5.74) is 2.88. The van der Waals surface area contributed by atoms with Gasteiger partial charge in [-0.15, -0.1) is 0 Å². The van der Waals surface area contributed by atoms with Crippen molar-refractivity contribution in [3.8, 4) is 0 Å². The number of carbonyl (C=O) groups excluding carboxylic acids is 2. The van der Waals surface area contributed by atoms with Gasteiger partial charge in [0.2, 0.25) is 0 Å². The molecule has 3 unspecified atom stereocenters. The fourth-order valence-electron chi connectivity index (χ4n) is 4.47. The lowest BCUT2D eigenvalue weighted by atomic mass is 9.78. The Morgan fingerprint density at radius 2 is 1.80 bits per heavy atom. The van der Waals surface area contributed by atoms with Crippen molar-refractivity contribution in [3.63, 3.8) is 0 Å². The van der Waals surface area contributed by atoms with Gasteiger partial charge in [-0.3, -0.25) is 0 Å². The van der Waals surface area contributed by atoms with Gasteiger partial charge in [0.1, 0.15) is 6.10 Å². The highest BCUT2D eigenvalue weighted by molar-refractivity contribution is 5.92. The van der Waals surface area contributed by atoms with Crippen LogP contribution in [0.2, 0.25) is 0 Å². The maximum Gasteiger partial charge on any atom is 0.338 e. The van der Waals surface area contributed by atoms with Gasteiger partial charge < -0.3 is 19.3 Å². The fourth-order valence-corrected chi connectivity index (χ4v) is 4.47. The van der Waals surface area contributed by atoms with Crippen molar-refractivity contribution in [1.82, 2.24) is 0 Å². The highest BCUT2D eigenvalue weighted by Crippen LogP contribution is 2.52. The van der Waals surface area contributed by atoms with Crippen LogP contribution in [-0.2, 0) is 23.8 Å². The summed E-state index contributed by atoms with van der Waals surface area (Å²) in [6.07, 6.45) is 2.92. The van der Waals surface area contributed by atoms with Crippen molar-refractivity contribution in [1.29, 1.82) is 0 Å². The molecular formula is C19H22O6. The number of esters is 2. The SMILES string of the molecule is CC1=C[C@H](O/C=C2/C(=O)O[C@@H]3C4=C(C(C)CCC4C)C(O)[C@H]23)OC1=O.